The van der Waals surface area contributed by atoms with Crippen LogP contribution in [0, 0.1) is 11.3 Å². The van der Waals surface area contributed by atoms with Gasteiger partial charge in [0, 0.05) is 5.02 Å². The Labute approximate surface area is 95.1 Å². The van der Waals surface area contributed by atoms with Crippen LogP contribution in [0.4, 0.5) is 0 Å². The molecule has 0 fully saturated rings. The number of rotatable bonds is 4. The van der Waals surface area contributed by atoms with Gasteiger partial charge in [-0.2, -0.15) is 5.26 Å². The van der Waals surface area contributed by atoms with E-state index < -0.39 is 12.0 Å². The van der Waals surface area contributed by atoms with Crippen LogP contribution in [0.5, 0.6) is 0 Å². The van der Waals surface area contributed by atoms with Crippen LogP contribution in [0.25, 0.3) is 0 Å². The lowest BCUT2D eigenvalue weighted by Crippen LogP contribution is -2.16. The minimum atomic E-state index is -0.596. The number of aliphatic hydroxyl groups excluding tert-OH is 1. The molecule has 2 unspecified atom stereocenters. The van der Waals surface area contributed by atoms with Crippen molar-refractivity contribution < 1.29 is 5.11 Å². The molecule has 2 atom stereocenters. The molecule has 0 bridgehead atoms. The SMILES string of the molecule is CCCC(O)C(C#N)c1ccc(Cl)cc1. The molecule has 15 heavy (non-hydrogen) atoms. The van der Waals surface area contributed by atoms with E-state index in [0.717, 1.165) is 12.0 Å². The van der Waals surface area contributed by atoms with Crippen molar-refractivity contribution in [3.8, 4) is 6.07 Å². The number of nitrogens with zero attached hydrogens (tertiary/aromatic N) is 1. The van der Waals surface area contributed by atoms with Crippen LogP contribution >= 0.6 is 11.6 Å². The topological polar surface area (TPSA) is 44.0 Å². The summed E-state index contributed by atoms with van der Waals surface area (Å²) in [6.45, 7) is 1.99. The summed E-state index contributed by atoms with van der Waals surface area (Å²) in [5, 5.41) is 19.4. The maximum atomic E-state index is 9.78. The molecule has 1 N–H and O–H groups in total. The van der Waals surface area contributed by atoms with Crippen LogP contribution < -0.4 is 0 Å². The van der Waals surface area contributed by atoms with Crippen LogP contribution in [0.15, 0.2) is 24.3 Å². The average molecular weight is 224 g/mol. The molecule has 80 valence electrons. The Morgan fingerprint density at radius 1 is 1.40 bits per heavy atom. The standard InChI is InChI=1S/C12H14ClNO/c1-2-3-12(15)11(8-14)9-4-6-10(13)7-5-9/h4-7,11-12,15H,2-3H2,1H3. The number of hydrogen-bond acceptors (Lipinski definition) is 2. The third-order valence-electron chi connectivity index (χ3n) is 2.34. The zero-order valence-corrected chi connectivity index (χ0v) is 9.41. The third kappa shape index (κ3) is 3.23. The molecular weight excluding hydrogens is 210 g/mol. The van der Waals surface area contributed by atoms with E-state index in [-0.39, 0.29) is 0 Å². The molecule has 0 heterocycles. The Bertz CT molecular complexity index is 342. The van der Waals surface area contributed by atoms with E-state index in [9.17, 15) is 5.11 Å². The Balaban J connectivity index is 2.84. The van der Waals surface area contributed by atoms with Gasteiger partial charge in [-0.15, -0.1) is 0 Å². The number of aliphatic hydroxyl groups is 1. The Morgan fingerprint density at radius 2 is 2.00 bits per heavy atom. The van der Waals surface area contributed by atoms with Crippen molar-refractivity contribution in [3.05, 3.63) is 34.9 Å². The number of benzene rings is 1. The van der Waals surface area contributed by atoms with Gasteiger partial charge in [-0.25, -0.2) is 0 Å². The highest BCUT2D eigenvalue weighted by Gasteiger charge is 2.19. The molecular formula is C12H14ClNO. The van der Waals surface area contributed by atoms with Crippen LogP contribution in [0.1, 0.15) is 31.2 Å². The van der Waals surface area contributed by atoms with E-state index in [1.54, 1.807) is 24.3 Å². The number of halogens is 1. The number of nitriles is 1. The maximum Gasteiger partial charge on any atom is 0.0971 e. The van der Waals surface area contributed by atoms with Crippen molar-refractivity contribution in [2.75, 3.05) is 0 Å². The van der Waals surface area contributed by atoms with E-state index in [0.29, 0.717) is 11.4 Å². The summed E-state index contributed by atoms with van der Waals surface area (Å²) in [4.78, 5) is 0. The van der Waals surface area contributed by atoms with E-state index in [1.807, 2.05) is 6.92 Å². The highest BCUT2D eigenvalue weighted by Crippen LogP contribution is 2.23. The fourth-order valence-electron chi connectivity index (χ4n) is 1.52. The lowest BCUT2D eigenvalue weighted by Gasteiger charge is -2.16. The van der Waals surface area contributed by atoms with Crippen molar-refractivity contribution in [2.24, 2.45) is 0 Å². The van der Waals surface area contributed by atoms with Crippen molar-refractivity contribution in [2.45, 2.75) is 31.8 Å². The monoisotopic (exact) mass is 223 g/mol. The second-order valence-electron chi connectivity index (χ2n) is 3.51. The van der Waals surface area contributed by atoms with Crippen LogP contribution in [0.2, 0.25) is 5.02 Å². The highest BCUT2D eigenvalue weighted by atomic mass is 35.5. The lowest BCUT2D eigenvalue weighted by molar-refractivity contribution is 0.150. The van der Waals surface area contributed by atoms with Crippen LogP contribution in [0.3, 0.4) is 0 Å². The van der Waals surface area contributed by atoms with E-state index in [2.05, 4.69) is 6.07 Å². The first-order chi connectivity index (χ1) is 7.19. The minimum absolute atomic E-state index is 0.456. The summed E-state index contributed by atoms with van der Waals surface area (Å²) >= 11 is 5.75. The van der Waals surface area contributed by atoms with Crippen molar-refractivity contribution in [3.63, 3.8) is 0 Å². The molecule has 0 saturated heterocycles. The molecule has 0 aromatic heterocycles. The quantitative estimate of drug-likeness (QED) is 0.853. The van der Waals surface area contributed by atoms with Gasteiger partial charge in [-0.3, -0.25) is 0 Å². The molecule has 0 amide bonds. The number of hydrogen-bond donors (Lipinski definition) is 1. The first kappa shape index (κ1) is 12.0. The third-order valence-corrected chi connectivity index (χ3v) is 2.59. The molecule has 1 aromatic rings. The summed E-state index contributed by atoms with van der Waals surface area (Å²) in [5.41, 5.74) is 0.822. The first-order valence-corrected chi connectivity index (χ1v) is 5.40. The molecule has 0 aliphatic rings. The Morgan fingerprint density at radius 3 is 2.47 bits per heavy atom. The van der Waals surface area contributed by atoms with Crippen molar-refractivity contribution in [1.29, 1.82) is 5.26 Å². The van der Waals surface area contributed by atoms with Gasteiger partial charge in [-0.05, 0) is 24.1 Å². The summed E-state index contributed by atoms with van der Waals surface area (Å²) in [7, 11) is 0. The van der Waals surface area contributed by atoms with Gasteiger partial charge in [0.15, 0.2) is 0 Å². The smallest absolute Gasteiger partial charge is 0.0971 e. The maximum absolute atomic E-state index is 9.78. The van der Waals surface area contributed by atoms with Gasteiger partial charge < -0.3 is 5.11 Å². The average Bonchev–Trinajstić information content (AvgIpc) is 2.22. The van der Waals surface area contributed by atoms with Gasteiger partial charge in [-0.1, -0.05) is 37.1 Å². The second kappa shape index (κ2) is 5.75. The molecule has 1 rings (SSSR count). The van der Waals surface area contributed by atoms with Crippen molar-refractivity contribution in [1.82, 2.24) is 0 Å². The normalized spacial score (nSPS) is 14.3. The van der Waals surface area contributed by atoms with Gasteiger partial charge in [0.1, 0.15) is 0 Å². The summed E-state index contributed by atoms with van der Waals surface area (Å²) in [6, 6.07) is 9.17. The van der Waals surface area contributed by atoms with Gasteiger partial charge in [0.25, 0.3) is 0 Å². The Hall–Kier alpha value is -1.04. The summed E-state index contributed by atoms with van der Waals surface area (Å²) < 4.78 is 0. The molecule has 0 spiro atoms. The highest BCUT2D eigenvalue weighted by molar-refractivity contribution is 6.30. The van der Waals surface area contributed by atoms with E-state index >= 15 is 0 Å². The largest absolute Gasteiger partial charge is 0.391 e. The van der Waals surface area contributed by atoms with Crippen LogP contribution in [-0.4, -0.2) is 11.2 Å². The van der Waals surface area contributed by atoms with Gasteiger partial charge >= 0.3 is 0 Å². The molecule has 0 aliphatic heterocycles. The van der Waals surface area contributed by atoms with Gasteiger partial charge in [0.05, 0.1) is 18.1 Å². The minimum Gasteiger partial charge on any atom is -0.391 e. The molecule has 0 aliphatic carbocycles. The fraction of sp³-hybridized carbons (Fsp3) is 0.417. The lowest BCUT2D eigenvalue weighted by atomic mass is 9.92. The fourth-order valence-corrected chi connectivity index (χ4v) is 1.64. The first-order valence-electron chi connectivity index (χ1n) is 5.02. The second-order valence-corrected chi connectivity index (χ2v) is 3.95. The predicted octanol–water partition coefficient (Wildman–Crippen LogP) is 3.11. The van der Waals surface area contributed by atoms with Crippen LogP contribution in [-0.2, 0) is 0 Å². The molecule has 1 aromatic carbocycles. The van der Waals surface area contributed by atoms with E-state index in [1.165, 1.54) is 0 Å². The zero-order valence-electron chi connectivity index (χ0n) is 8.65. The molecule has 3 heteroatoms. The molecule has 0 saturated carbocycles. The summed E-state index contributed by atoms with van der Waals surface area (Å²) in [5.74, 6) is -0.456. The predicted molar refractivity (Wildman–Crippen MR) is 60.7 cm³/mol. The van der Waals surface area contributed by atoms with Gasteiger partial charge in [0.2, 0.25) is 0 Å². The van der Waals surface area contributed by atoms with E-state index in [4.69, 9.17) is 16.9 Å². The summed E-state index contributed by atoms with van der Waals surface area (Å²) in [6.07, 6.45) is 0.912. The van der Waals surface area contributed by atoms with Crippen molar-refractivity contribution >= 4 is 11.6 Å². The molecule has 0 radical (unpaired) electrons. The molecule has 2 nitrogen and oxygen atoms in total. The zero-order chi connectivity index (χ0) is 11.3. The Kier molecular flexibility index (Phi) is 4.61.